The zero-order valence-electron chi connectivity index (χ0n) is 25.6. The van der Waals surface area contributed by atoms with Gasteiger partial charge in [-0.15, -0.1) is 0 Å². The minimum absolute atomic E-state index is 0.0243. The van der Waals surface area contributed by atoms with E-state index in [9.17, 15) is 29.4 Å². The normalized spacial score (nSPS) is 14.4. The molecular formula is C31H54N2O8. The van der Waals surface area contributed by atoms with Crippen LogP contribution < -0.4 is 10.6 Å². The number of rotatable bonds is 24. The number of amides is 2. The van der Waals surface area contributed by atoms with Crippen molar-refractivity contribution in [2.45, 2.75) is 142 Å². The Balaban J connectivity index is 4.34. The molecule has 4 unspecified atom stereocenters. The van der Waals surface area contributed by atoms with Crippen LogP contribution >= 0.6 is 0 Å². The zero-order valence-corrected chi connectivity index (χ0v) is 25.6. The zero-order chi connectivity index (χ0) is 30.9. The fraction of sp³-hybridized carbons (Fsp3) is 0.742. The van der Waals surface area contributed by atoms with Gasteiger partial charge in [-0.2, -0.15) is 0 Å². The summed E-state index contributed by atoms with van der Waals surface area (Å²) in [6.07, 6.45) is 12.0. The molecule has 0 aromatic heterocycles. The van der Waals surface area contributed by atoms with Crippen LogP contribution in [0.5, 0.6) is 0 Å². The summed E-state index contributed by atoms with van der Waals surface area (Å²) in [5.41, 5.74) is 0. The molecule has 0 radical (unpaired) electrons. The maximum atomic E-state index is 12.0. The Hall–Kier alpha value is -2.72. The molecule has 10 nitrogen and oxygen atoms in total. The Morgan fingerprint density at radius 3 is 1.37 bits per heavy atom. The third kappa shape index (κ3) is 20.8. The van der Waals surface area contributed by atoms with Crippen molar-refractivity contribution in [3.05, 3.63) is 24.3 Å². The number of nitrogens with one attached hydrogen (secondary N) is 2. The van der Waals surface area contributed by atoms with Gasteiger partial charge in [0.2, 0.25) is 11.8 Å². The van der Waals surface area contributed by atoms with Crippen LogP contribution in [-0.4, -0.2) is 65.1 Å². The van der Waals surface area contributed by atoms with E-state index in [2.05, 4.69) is 24.5 Å². The Morgan fingerprint density at radius 1 is 0.634 bits per heavy atom. The molecular weight excluding hydrogens is 528 g/mol. The summed E-state index contributed by atoms with van der Waals surface area (Å²) in [5.74, 6) is -1.26. The van der Waals surface area contributed by atoms with E-state index < -0.39 is 24.4 Å². The summed E-state index contributed by atoms with van der Waals surface area (Å²) in [7, 11) is 0. The number of ether oxygens (including phenoxy) is 2. The van der Waals surface area contributed by atoms with Crippen molar-refractivity contribution in [3.8, 4) is 0 Å². The Labute approximate surface area is 246 Å². The third-order valence-electron chi connectivity index (χ3n) is 6.45. The topological polar surface area (TPSA) is 151 Å². The molecule has 0 saturated heterocycles. The van der Waals surface area contributed by atoms with E-state index in [0.29, 0.717) is 12.8 Å². The lowest BCUT2D eigenvalue weighted by atomic mass is 10.0. The van der Waals surface area contributed by atoms with Gasteiger partial charge in [-0.1, -0.05) is 77.7 Å². The van der Waals surface area contributed by atoms with E-state index in [1.807, 2.05) is 0 Å². The largest absolute Gasteiger partial charge is 0.460 e. The number of aliphatic hydroxyl groups is 2. The predicted octanol–water partition coefficient (Wildman–Crippen LogP) is 4.38. The molecule has 0 aliphatic heterocycles. The van der Waals surface area contributed by atoms with Crippen LogP contribution in [0.4, 0.5) is 0 Å². The summed E-state index contributed by atoms with van der Waals surface area (Å²) < 4.78 is 10.8. The maximum absolute atomic E-state index is 12.0. The smallest absolute Gasteiger partial charge is 0.305 e. The van der Waals surface area contributed by atoms with Crippen LogP contribution in [0.25, 0.3) is 0 Å². The molecule has 0 heterocycles. The first-order valence-corrected chi connectivity index (χ1v) is 15.3. The number of aliphatic hydroxyl groups excluding tert-OH is 2. The lowest BCUT2D eigenvalue weighted by Gasteiger charge is -2.22. The molecule has 0 aliphatic carbocycles. The highest BCUT2D eigenvalue weighted by atomic mass is 16.6. The first-order valence-electron chi connectivity index (χ1n) is 15.3. The fourth-order valence-electron chi connectivity index (χ4n) is 3.90. The van der Waals surface area contributed by atoms with Crippen molar-refractivity contribution in [1.29, 1.82) is 0 Å². The second-order valence-corrected chi connectivity index (χ2v) is 10.1. The van der Waals surface area contributed by atoms with E-state index in [4.69, 9.17) is 9.47 Å². The number of unbranched alkanes of at least 4 members (excludes halogenated alkanes) is 4. The second kappa shape index (κ2) is 25.0. The summed E-state index contributed by atoms with van der Waals surface area (Å²) in [5, 5.41) is 26.1. The molecule has 4 N–H and O–H groups in total. The number of hydrogen-bond donors (Lipinski definition) is 4. The van der Waals surface area contributed by atoms with Gasteiger partial charge in [0.1, 0.15) is 12.2 Å². The Kier molecular flexibility index (Phi) is 23.4. The van der Waals surface area contributed by atoms with Crippen molar-refractivity contribution in [1.82, 2.24) is 10.6 Å². The molecule has 0 aromatic rings. The van der Waals surface area contributed by atoms with Gasteiger partial charge in [0, 0.05) is 25.7 Å². The molecule has 0 aromatic carbocycles. The summed E-state index contributed by atoms with van der Waals surface area (Å²) in [4.78, 5) is 47.4. The average Bonchev–Trinajstić information content (AvgIpc) is 2.96. The summed E-state index contributed by atoms with van der Waals surface area (Å²) >= 11 is 0. The molecule has 2 amide bonds. The number of carbonyl (C=O) groups excluding carboxylic acids is 4. The van der Waals surface area contributed by atoms with Gasteiger partial charge < -0.3 is 30.3 Å². The standard InChI is InChI=1S/C31H54N2O8/c1-5-9-11-19-26(40-30(38)7-3)24(34)17-13-15-21-28(36)32-23-33-29(37)22-16-14-18-25(35)27(20-12-10-6-2)41-31(39)8-4/h13-16,24-27,34-35H,5-12,17-23H2,1-4H3,(H,32,36)(H,33,37)/b15-13+,16-14+. The van der Waals surface area contributed by atoms with Gasteiger partial charge in [-0.25, -0.2) is 0 Å². The van der Waals surface area contributed by atoms with Crippen molar-refractivity contribution < 1.29 is 38.9 Å². The molecule has 0 saturated carbocycles. The lowest BCUT2D eigenvalue weighted by molar-refractivity contribution is -0.155. The van der Waals surface area contributed by atoms with Gasteiger partial charge in [0.25, 0.3) is 0 Å². The van der Waals surface area contributed by atoms with Crippen molar-refractivity contribution in [3.63, 3.8) is 0 Å². The van der Waals surface area contributed by atoms with Crippen molar-refractivity contribution in [2.24, 2.45) is 0 Å². The highest BCUT2D eigenvalue weighted by Crippen LogP contribution is 2.16. The van der Waals surface area contributed by atoms with Gasteiger partial charge in [-0.05, 0) is 38.5 Å². The molecule has 236 valence electrons. The first-order chi connectivity index (χ1) is 19.7. The van der Waals surface area contributed by atoms with Crippen LogP contribution in [0.15, 0.2) is 24.3 Å². The Morgan fingerprint density at radius 2 is 1.02 bits per heavy atom. The monoisotopic (exact) mass is 582 g/mol. The van der Waals surface area contributed by atoms with Crippen molar-refractivity contribution in [2.75, 3.05) is 6.67 Å². The van der Waals surface area contributed by atoms with Crippen LogP contribution in [-0.2, 0) is 28.7 Å². The number of hydrogen-bond acceptors (Lipinski definition) is 8. The minimum atomic E-state index is -0.839. The Bertz CT molecular complexity index is 735. The molecule has 0 bridgehead atoms. The van der Waals surface area contributed by atoms with Gasteiger partial charge in [0.05, 0.1) is 18.9 Å². The summed E-state index contributed by atoms with van der Waals surface area (Å²) in [6.45, 7) is 7.55. The molecule has 10 heteroatoms. The van der Waals surface area contributed by atoms with Crippen LogP contribution in [0, 0.1) is 0 Å². The number of esters is 2. The molecule has 0 fully saturated rings. The minimum Gasteiger partial charge on any atom is -0.460 e. The van der Waals surface area contributed by atoms with Crippen LogP contribution in [0.1, 0.15) is 118 Å². The average molecular weight is 583 g/mol. The lowest BCUT2D eigenvalue weighted by Crippen LogP contribution is -2.36. The fourth-order valence-corrected chi connectivity index (χ4v) is 3.90. The quantitative estimate of drug-likeness (QED) is 0.0567. The van der Waals surface area contributed by atoms with E-state index in [1.54, 1.807) is 38.2 Å². The van der Waals surface area contributed by atoms with E-state index >= 15 is 0 Å². The highest BCUT2D eigenvalue weighted by Gasteiger charge is 2.22. The van der Waals surface area contributed by atoms with E-state index in [0.717, 1.165) is 38.5 Å². The van der Waals surface area contributed by atoms with Crippen LogP contribution in [0.2, 0.25) is 0 Å². The molecule has 0 spiro atoms. The molecule has 0 aliphatic rings. The highest BCUT2D eigenvalue weighted by molar-refractivity contribution is 5.80. The molecule has 4 atom stereocenters. The second-order valence-electron chi connectivity index (χ2n) is 10.1. The predicted molar refractivity (Wildman–Crippen MR) is 159 cm³/mol. The number of carbonyl (C=O) groups is 4. The van der Waals surface area contributed by atoms with Gasteiger partial charge in [0.15, 0.2) is 0 Å². The third-order valence-corrected chi connectivity index (χ3v) is 6.45. The van der Waals surface area contributed by atoms with E-state index in [1.165, 1.54) is 0 Å². The van der Waals surface area contributed by atoms with Crippen molar-refractivity contribution >= 4 is 23.8 Å². The maximum Gasteiger partial charge on any atom is 0.305 e. The van der Waals surface area contributed by atoms with Crippen LogP contribution in [0.3, 0.4) is 0 Å². The molecule has 41 heavy (non-hydrogen) atoms. The van der Waals surface area contributed by atoms with Gasteiger partial charge >= 0.3 is 11.9 Å². The molecule has 0 rings (SSSR count). The first kappa shape index (κ1) is 38.3. The van der Waals surface area contributed by atoms with Gasteiger partial charge in [-0.3, -0.25) is 19.2 Å². The van der Waals surface area contributed by atoms with E-state index in [-0.39, 0.29) is 68.9 Å². The SMILES string of the molecule is CCCCCC(OC(=O)CC)C(O)C/C=C/CC(=O)NCNC(=O)C/C=C/CC(O)C(CCCCC)OC(=O)CC. The summed E-state index contributed by atoms with van der Waals surface area (Å²) in [6, 6.07) is 0.